The van der Waals surface area contributed by atoms with Crippen LogP contribution >= 0.6 is 0 Å². The monoisotopic (exact) mass is 261 g/mol. The van der Waals surface area contributed by atoms with Crippen molar-refractivity contribution in [1.29, 1.82) is 0 Å². The molecule has 2 unspecified atom stereocenters. The number of para-hydroxylation sites is 1. The molecule has 1 fully saturated rings. The lowest BCUT2D eigenvalue weighted by molar-refractivity contribution is -0.120. The second-order valence-corrected chi connectivity index (χ2v) is 5.59. The number of nitrogens with one attached hydrogen (secondary N) is 1. The second-order valence-electron chi connectivity index (χ2n) is 5.59. The first kappa shape index (κ1) is 14.0. The fourth-order valence-electron chi connectivity index (χ4n) is 2.66. The summed E-state index contributed by atoms with van der Waals surface area (Å²) in [5, 5.41) is 3.04. The number of anilines is 1. The Kier molecular flexibility index (Phi) is 4.56. The van der Waals surface area contributed by atoms with Crippen molar-refractivity contribution in [2.75, 3.05) is 19.4 Å². The smallest absolute Gasteiger partial charge is 0.229 e. The summed E-state index contributed by atoms with van der Waals surface area (Å²) < 4.78 is 0. The summed E-state index contributed by atoms with van der Waals surface area (Å²) in [6.07, 6.45) is 2.92. The Balaban J connectivity index is 2.08. The van der Waals surface area contributed by atoms with E-state index in [-0.39, 0.29) is 17.9 Å². The van der Waals surface area contributed by atoms with Crippen molar-refractivity contribution in [1.82, 2.24) is 4.90 Å². The van der Waals surface area contributed by atoms with Gasteiger partial charge in [-0.05, 0) is 38.6 Å². The third kappa shape index (κ3) is 3.55. The largest absolute Gasteiger partial charge is 0.327 e. The summed E-state index contributed by atoms with van der Waals surface area (Å²) in [6, 6.07) is 7.96. The molecule has 1 aromatic rings. The molecule has 0 aromatic heterocycles. The Morgan fingerprint density at radius 3 is 2.74 bits per heavy atom. The van der Waals surface area contributed by atoms with Crippen molar-refractivity contribution < 1.29 is 4.79 Å². The molecule has 19 heavy (non-hydrogen) atoms. The van der Waals surface area contributed by atoms with Crippen LogP contribution in [0.1, 0.15) is 24.8 Å². The van der Waals surface area contributed by atoms with Crippen LogP contribution in [-0.4, -0.2) is 30.9 Å². The molecule has 4 nitrogen and oxygen atoms in total. The molecule has 1 aromatic carbocycles. The van der Waals surface area contributed by atoms with Crippen LogP contribution in [0.15, 0.2) is 24.3 Å². The predicted molar refractivity (Wildman–Crippen MR) is 77.8 cm³/mol. The second kappa shape index (κ2) is 6.17. The molecule has 1 aliphatic carbocycles. The first-order valence-corrected chi connectivity index (χ1v) is 6.87. The van der Waals surface area contributed by atoms with E-state index in [4.69, 9.17) is 5.73 Å². The molecule has 1 aliphatic rings. The maximum absolute atomic E-state index is 12.3. The number of hydrogen-bond donors (Lipinski definition) is 2. The Morgan fingerprint density at radius 2 is 2.11 bits per heavy atom. The lowest BCUT2D eigenvalue weighted by atomic mass is 10.0. The van der Waals surface area contributed by atoms with Gasteiger partial charge in [-0.15, -0.1) is 0 Å². The Labute approximate surface area is 115 Å². The van der Waals surface area contributed by atoms with Gasteiger partial charge in [0.2, 0.25) is 5.91 Å². The number of rotatable bonds is 4. The number of carbonyl (C=O) groups excluding carboxylic acids is 1. The van der Waals surface area contributed by atoms with Gasteiger partial charge in [-0.3, -0.25) is 4.79 Å². The highest BCUT2D eigenvalue weighted by Gasteiger charge is 2.30. The predicted octanol–water partition coefficient (Wildman–Crippen LogP) is 1.81. The minimum Gasteiger partial charge on any atom is -0.327 e. The normalized spacial score (nSPS) is 22.7. The minimum absolute atomic E-state index is 0.0148. The van der Waals surface area contributed by atoms with E-state index >= 15 is 0 Å². The van der Waals surface area contributed by atoms with E-state index in [0.29, 0.717) is 0 Å². The number of benzene rings is 1. The van der Waals surface area contributed by atoms with Crippen LogP contribution in [0, 0.1) is 5.92 Å². The summed E-state index contributed by atoms with van der Waals surface area (Å²) in [5.41, 5.74) is 8.02. The molecule has 0 aliphatic heterocycles. The Hall–Kier alpha value is -1.39. The lowest BCUT2D eigenvalue weighted by Crippen LogP contribution is -2.34. The van der Waals surface area contributed by atoms with Gasteiger partial charge in [0.1, 0.15) is 0 Å². The molecule has 0 saturated heterocycles. The van der Waals surface area contributed by atoms with Gasteiger partial charge in [0.25, 0.3) is 0 Å². The van der Waals surface area contributed by atoms with E-state index in [0.717, 1.165) is 37.1 Å². The highest BCUT2D eigenvalue weighted by Crippen LogP contribution is 2.26. The third-order valence-corrected chi connectivity index (χ3v) is 3.67. The fourth-order valence-corrected chi connectivity index (χ4v) is 2.66. The van der Waals surface area contributed by atoms with Crippen LogP contribution < -0.4 is 11.1 Å². The molecular weight excluding hydrogens is 238 g/mol. The first-order valence-electron chi connectivity index (χ1n) is 6.87. The molecule has 4 heteroatoms. The van der Waals surface area contributed by atoms with Crippen LogP contribution in [0.5, 0.6) is 0 Å². The van der Waals surface area contributed by atoms with Crippen molar-refractivity contribution in [3.8, 4) is 0 Å². The van der Waals surface area contributed by atoms with Gasteiger partial charge in [-0.1, -0.05) is 24.6 Å². The Bertz CT molecular complexity index is 445. The van der Waals surface area contributed by atoms with E-state index < -0.39 is 0 Å². The van der Waals surface area contributed by atoms with Crippen molar-refractivity contribution >= 4 is 11.6 Å². The topological polar surface area (TPSA) is 58.4 Å². The summed E-state index contributed by atoms with van der Waals surface area (Å²) in [7, 11) is 4.04. The highest BCUT2D eigenvalue weighted by atomic mass is 16.1. The summed E-state index contributed by atoms with van der Waals surface area (Å²) >= 11 is 0. The van der Waals surface area contributed by atoms with E-state index in [1.807, 2.05) is 38.4 Å². The zero-order valence-corrected chi connectivity index (χ0v) is 11.7. The van der Waals surface area contributed by atoms with Gasteiger partial charge in [-0.2, -0.15) is 0 Å². The lowest BCUT2D eigenvalue weighted by Gasteiger charge is -2.18. The van der Waals surface area contributed by atoms with Crippen molar-refractivity contribution in [3.63, 3.8) is 0 Å². The van der Waals surface area contributed by atoms with Gasteiger partial charge in [0, 0.05) is 18.3 Å². The van der Waals surface area contributed by atoms with Crippen LogP contribution in [0.4, 0.5) is 5.69 Å². The third-order valence-electron chi connectivity index (χ3n) is 3.67. The molecule has 0 bridgehead atoms. The molecule has 1 amide bonds. The zero-order chi connectivity index (χ0) is 13.8. The first-order chi connectivity index (χ1) is 9.08. The molecule has 1 saturated carbocycles. The van der Waals surface area contributed by atoms with Gasteiger partial charge >= 0.3 is 0 Å². The standard InChI is InChI=1S/C15H23N3O/c1-18(2)10-11-6-3-4-9-14(11)17-15(19)12-7-5-8-13(12)16/h3-4,6,9,12-13H,5,7-8,10,16H2,1-2H3,(H,17,19). The van der Waals surface area contributed by atoms with E-state index in [1.165, 1.54) is 0 Å². The molecular formula is C15H23N3O. The number of nitrogens with zero attached hydrogens (tertiary/aromatic N) is 1. The maximum atomic E-state index is 12.3. The molecule has 0 heterocycles. The molecule has 2 atom stereocenters. The average molecular weight is 261 g/mol. The van der Waals surface area contributed by atoms with Crippen molar-refractivity contribution in [3.05, 3.63) is 29.8 Å². The molecule has 0 radical (unpaired) electrons. The van der Waals surface area contributed by atoms with Gasteiger partial charge in [0.05, 0.1) is 5.92 Å². The summed E-state index contributed by atoms with van der Waals surface area (Å²) in [6.45, 7) is 0.813. The fraction of sp³-hybridized carbons (Fsp3) is 0.533. The number of hydrogen-bond acceptors (Lipinski definition) is 3. The van der Waals surface area contributed by atoms with Gasteiger partial charge < -0.3 is 16.0 Å². The number of carbonyl (C=O) groups is 1. The van der Waals surface area contributed by atoms with Crippen LogP contribution in [-0.2, 0) is 11.3 Å². The summed E-state index contributed by atoms with van der Waals surface area (Å²) in [5.74, 6) is 0.0311. The maximum Gasteiger partial charge on any atom is 0.229 e. The number of amides is 1. The van der Waals surface area contributed by atoms with Crippen molar-refractivity contribution in [2.45, 2.75) is 31.8 Å². The summed E-state index contributed by atoms with van der Waals surface area (Å²) in [4.78, 5) is 14.3. The minimum atomic E-state index is -0.0348. The molecule has 0 spiro atoms. The SMILES string of the molecule is CN(C)Cc1ccccc1NC(=O)C1CCCC1N. The van der Waals surface area contributed by atoms with Crippen LogP contribution in [0.25, 0.3) is 0 Å². The molecule has 104 valence electrons. The van der Waals surface area contributed by atoms with E-state index in [2.05, 4.69) is 10.2 Å². The van der Waals surface area contributed by atoms with Crippen LogP contribution in [0.3, 0.4) is 0 Å². The number of nitrogens with two attached hydrogens (primary N) is 1. The van der Waals surface area contributed by atoms with Gasteiger partial charge in [-0.25, -0.2) is 0 Å². The van der Waals surface area contributed by atoms with Gasteiger partial charge in [0.15, 0.2) is 0 Å². The Morgan fingerprint density at radius 1 is 1.37 bits per heavy atom. The average Bonchev–Trinajstić information content (AvgIpc) is 2.77. The quantitative estimate of drug-likeness (QED) is 0.869. The van der Waals surface area contributed by atoms with Crippen molar-refractivity contribution in [2.24, 2.45) is 11.7 Å². The van der Waals surface area contributed by atoms with Crippen LogP contribution in [0.2, 0.25) is 0 Å². The molecule has 2 rings (SSSR count). The van der Waals surface area contributed by atoms with E-state index in [1.54, 1.807) is 0 Å². The zero-order valence-electron chi connectivity index (χ0n) is 11.7. The highest BCUT2D eigenvalue weighted by molar-refractivity contribution is 5.93. The van der Waals surface area contributed by atoms with E-state index in [9.17, 15) is 4.79 Å². The molecule has 3 N–H and O–H groups in total.